The van der Waals surface area contributed by atoms with Crippen LogP contribution in [0.25, 0.3) is 0 Å². The van der Waals surface area contributed by atoms with E-state index in [0.717, 1.165) is 17.7 Å². The fraction of sp³-hybridized carbons (Fsp3) is 0.526. The van der Waals surface area contributed by atoms with Crippen LogP contribution in [0.15, 0.2) is 16.9 Å². The Morgan fingerprint density at radius 2 is 2.00 bits per heavy atom. The van der Waals surface area contributed by atoms with Crippen molar-refractivity contribution in [3.8, 4) is 0 Å². The Labute approximate surface area is 171 Å². The first-order chi connectivity index (χ1) is 13.6. The first-order valence-corrected chi connectivity index (χ1v) is 11.0. The Bertz CT molecular complexity index is 886. The molecule has 1 saturated heterocycles. The number of aryl methyl sites for hydroxylation is 1. The summed E-state index contributed by atoms with van der Waals surface area (Å²) in [4.78, 5) is 16.7. The Kier molecular flexibility index (Phi) is 7.23. The fourth-order valence-corrected chi connectivity index (χ4v) is 3.91. The largest absolute Gasteiger partial charge is 0.478 e. The van der Waals surface area contributed by atoms with E-state index in [4.69, 9.17) is 10.1 Å². The van der Waals surface area contributed by atoms with Gasteiger partial charge in [-0.05, 0) is 36.8 Å². The molecular formula is C19H29N5O4S. The van der Waals surface area contributed by atoms with Gasteiger partial charge in [-0.2, -0.15) is 0 Å². The zero-order valence-electron chi connectivity index (χ0n) is 17.4. The molecule has 29 heavy (non-hydrogen) atoms. The minimum atomic E-state index is -4.30. The van der Waals surface area contributed by atoms with Crippen molar-refractivity contribution in [2.75, 3.05) is 18.5 Å². The Balaban J connectivity index is 2.34. The summed E-state index contributed by atoms with van der Waals surface area (Å²) >= 11 is 0. The lowest BCUT2D eigenvalue weighted by atomic mass is 9.96. The van der Waals surface area contributed by atoms with Gasteiger partial charge in [0.25, 0.3) is 10.0 Å². The molecule has 0 radical (unpaired) electrons. The molecular weight excluding hydrogens is 394 g/mol. The summed E-state index contributed by atoms with van der Waals surface area (Å²) in [7, 11) is -4.30. The van der Waals surface area contributed by atoms with Crippen LogP contribution in [-0.4, -0.2) is 38.8 Å². The van der Waals surface area contributed by atoms with Crippen molar-refractivity contribution >= 4 is 28.0 Å². The number of allylic oxidation sites excluding steroid dienone is 1. The maximum Gasteiger partial charge on any atom is 0.333 e. The van der Waals surface area contributed by atoms with Crippen LogP contribution in [0.5, 0.6) is 0 Å². The Morgan fingerprint density at radius 3 is 2.52 bits per heavy atom. The van der Waals surface area contributed by atoms with Gasteiger partial charge >= 0.3 is 6.03 Å². The van der Waals surface area contributed by atoms with Crippen LogP contribution in [0.1, 0.15) is 62.9 Å². The molecule has 1 aromatic heterocycles. The Morgan fingerprint density at radius 1 is 1.31 bits per heavy atom. The average molecular weight is 424 g/mol. The number of ether oxygens (including phenoxy) is 1. The van der Waals surface area contributed by atoms with Crippen molar-refractivity contribution in [3.05, 3.63) is 33.8 Å². The lowest BCUT2D eigenvalue weighted by Gasteiger charge is -2.22. The number of rotatable bonds is 6. The number of urea groups is 1. The third-order valence-corrected chi connectivity index (χ3v) is 5.67. The number of sulfonamides is 1. The molecule has 2 heterocycles. The number of amides is 2. The van der Waals surface area contributed by atoms with Crippen molar-refractivity contribution in [1.29, 1.82) is 5.41 Å². The number of hydrogen-bond acceptors (Lipinski definition) is 7. The molecule has 2 rings (SSSR count). The third kappa shape index (κ3) is 5.47. The number of pyridine rings is 1. The topological polar surface area (TPSA) is 133 Å². The van der Waals surface area contributed by atoms with E-state index in [1.807, 2.05) is 45.4 Å². The highest BCUT2D eigenvalue weighted by Crippen LogP contribution is 2.31. The third-order valence-electron chi connectivity index (χ3n) is 4.34. The van der Waals surface area contributed by atoms with Crippen LogP contribution < -0.4 is 15.4 Å². The molecule has 0 aliphatic carbocycles. The Hall–Kier alpha value is -2.62. The van der Waals surface area contributed by atoms with Gasteiger partial charge in [0.15, 0.2) is 4.91 Å². The summed E-state index contributed by atoms with van der Waals surface area (Å²) in [5.74, 6) is 0.0906. The van der Waals surface area contributed by atoms with E-state index in [1.165, 1.54) is 0 Å². The van der Waals surface area contributed by atoms with Crippen LogP contribution in [0, 0.1) is 12.3 Å². The molecule has 10 heteroatoms. The van der Waals surface area contributed by atoms with Crippen molar-refractivity contribution in [2.24, 2.45) is 0 Å². The minimum absolute atomic E-state index is 0.0263. The maximum atomic E-state index is 12.6. The normalized spacial score (nSPS) is 16.1. The highest BCUT2D eigenvalue weighted by Gasteiger charge is 2.27. The van der Waals surface area contributed by atoms with E-state index in [-0.39, 0.29) is 17.7 Å². The first-order valence-electron chi connectivity index (χ1n) is 9.53. The van der Waals surface area contributed by atoms with Gasteiger partial charge in [-0.25, -0.2) is 17.9 Å². The lowest BCUT2D eigenvalue weighted by molar-refractivity contribution is 0.157. The molecule has 2 amide bonds. The first kappa shape index (κ1) is 22.7. The number of nitrogens with one attached hydrogen (secondary N) is 4. The van der Waals surface area contributed by atoms with Crippen LogP contribution in [0.4, 0.5) is 10.5 Å². The van der Waals surface area contributed by atoms with E-state index in [9.17, 15) is 13.2 Å². The van der Waals surface area contributed by atoms with Crippen LogP contribution in [0.2, 0.25) is 0 Å². The maximum absolute atomic E-state index is 12.6. The van der Waals surface area contributed by atoms with E-state index >= 15 is 0 Å². The predicted octanol–water partition coefficient (Wildman–Crippen LogP) is 2.92. The van der Waals surface area contributed by atoms with Gasteiger partial charge in [0.1, 0.15) is 0 Å². The van der Waals surface area contributed by atoms with Crippen LogP contribution in [-0.2, 0) is 14.8 Å². The van der Waals surface area contributed by atoms with E-state index in [0.29, 0.717) is 30.7 Å². The van der Waals surface area contributed by atoms with Gasteiger partial charge < -0.3 is 20.8 Å². The molecule has 4 N–H and O–H groups in total. The number of carbonyl (C=O) groups excluding carboxylic acids is 1. The SMILES string of the molecule is Cc1cc(C(C)C)c(NC(=O)NS(=O)(=O)/C(C=N)=C2/NCCCO2)c(C(C)C)n1. The number of aromatic nitrogens is 1. The molecule has 0 saturated carbocycles. The number of nitrogens with zero attached hydrogens (tertiary/aromatic N) is 1. The van der Waals surface area contributed by atoms with Gasteiger partial charge in [-0.1, -0.05) is 27.7 Å². The van der Waals surface area contributed by atoms with E-state index < -0.39 is 21.0 Å². The molecule has 0 spiro atoms. The molecule has 1 aromatic rings. The number of carbonyl (C=O) groups is 1. The molecule has 1 aliphatic rings. The summed E-state index contributed by atoms with van der Waals surface area (Å²) in [5, 5.41) is 12.9. The number of hydrogen-bond donors (Lipinski definition) is 4. The second kappa shape index (κ2) is 9.25. The van der Waals surface area contributed by atoms with Crippen molar-refractivity contribution < 1.29 is 17.9 Å². The fourth-order valence-electron chi connectivity index (χ4n) is 2.97. The van der Waals surface area contributed by atoms with Gasteiger partial charge in [-0.3, -0.25) is 4.98 Å². The molecule has 0 bridgehead atoms. The summed E-state index contributed by atoms with van der Waals surface area (Å²) in [6.07, 6.45) is 1.37. The quantitative estimate of drug-likeness (QED) is 0.520. The summed E-state index contributed by atoms with van der Waals surface area (Å²) in [5.41, 5.74) is 2.89. The number of anilines is 1. The van der Waals surface area contributed by atoms with Crippen molar-refractivity contribution in [1.82, 2.24) is 15.0 Å². The highest BCUT2D eigenvalue weighted by atomic mass is 32.2. The van der Waals surface area contributed by atoms with Gasteiger partial charge in [0, 0.05) is 18.5 Å². The second-order valence-electron chi connectivity index (χ2n) is 7.45. The molecule has 160 valence electrons. The van der Waals surface area contributed by atoms with Gasteiger partial charge in [0.05, 0.1) is 18.0 Å². The van der Waals surface area contributed by atoms with Crippen molar-refractivity contribution in [2.45, 2.75) is 52.9 Å². The second-order valence-corrected chi connectivity index (χ2v) is 9.10. The molecule has 1 fully saturated rings. The standard InChI is InChI=1S/C19H29N5O4S/c1-11(2)14-9-13(5)22-16(12(3)4)17(14)23-19(25)24-29(26,27)15(10-20)18-21-7-6-8-28-18/h9-12,20-21H,6-8H2,1-5H3,(H2,23,24,25)/b18-15-,20-10?. The minimum Gasteiger partial charge on any atom is -0.478 e. The summed E-state index contributed by atoms with van der Waals surface area (Å²) < 4.78 is 32.5. The van der Waals surface area contributed by atoms with E-state index in [2.05, 4.69) is 15.6 Å². The molecule has 0 atom stereocenters. The zero-order valence-corrected chi connectivity index (χ0v) is 18.2. The lowest BCUT2D eigenvalue weighted by Crippen LogP contribution is -2.38. The molecule has 0 aromatic carbocycles. The van der Waals surface area contributed by atoms with Crippen LogP contribution >= 0.6 is 0 Å². The molecule has 1 aliphatic heterocycles. The van der Waals surface area contributed by atoms with Crippen LogP contribution in [0.3, 0.4) is 0 Å². The zero-order chi connectivity index (χ0) is 21.8. The smallest absolute Gasteiger partial charge is 0.333 e. The predicted molar refractivity (Wildman–Crippen MR) is 113 cm³/mol. The molecule has 0 unspecified atom stereocenters. The van der Waals surface area contributed by atoms with E-state index in [1.54, 1.807) is 0 Å². The van der Waals surface area contributed by atoms with Gasteiger partial charge in [-0.15, -0.1) is 0 Å². The van der Waals surface area contributed by atoms with Crippen molar-refractivity contribution in [3.63, 3.8) is 0 Å². The monoisotopic (exact) mass is 423 g/mol. The average Bonchev–Trinajstić information content (AvgIpc) is 2.63. The molecule has 9 nitrogen and oxygen atoms in total. The highest BCUT2D eigenvalue weighted by molar-refractivity contribution is 7.94. The van der Waals surface area contributed by atoms with Gasteiger partial charge in [0.2, 0.25) is 5.88 Å². The summed E-state index contributed by atoms with van der Waals surface area (Å²) in [6, 6.07) is 0.959. The summed E-state index contributed by atoms with van der Waals surface area (Å²) in [6.45, 7) is 10.6.